The number of nitrogens with one attached hydrogen (secondary N) is 1. The molecule has 0 spiro atoms. The molecule has 20 heavy (non-hydrogen) atoms. The van der Waals surface area contributed by atoms with Crippen molar-refractivity contribution >= 4 is 17.2 Å². The largest absolute Gasteiger partial charge is 0.462 e. The standard InChI is InChI=1S/C14H19N3O2S/c1-3-17(4-2)8-7-15-13(18)11-10-20-14(16-11)12-6-5-9-19-12/h5-6,9-10H,3-4,7-8H2,1-2H3,(H,15,18). The van der Waals surface area contributed by atoms with E-state index in [4.69, 9.17) is 4.42 Å². The maximum absolute atomic E-state index is 12.0. The van der Waals surface area contributed by atoms with Crippen molar-refractivity contribution in [2.75, 3.05) is 26.2 Å². The number of rotatable bonds is 7. The molecule has 2 rings (SSSR count). The number of amides is 1. The molecule has 0 radical (unpaired) electrons. The van der Waals surface area contributed by atoms with Gasteiger partial charge >= 0.3 is 0 Å². The van der Waals surface area contributed by atoms with Crippen molar-refractivity contribution in [1.29, 1.82) is 0 Å². The number of carbonyl (C=O) groups is 1. The van der Waals surface area contributed by atoms with Gasteiger partial charge in [-0.25, -0.2) is 4.98 Å². The number of furan rings is 1. The highest BCUT2D eigenvalue weighted by Crippen LogP contribution is 2.23. The van der Waals surface area contributed by atoms with Crippen LogP contribution >= 0.6 is 11.3 Å². The molecule has 0 aromatic carbocycles. The zero-order valence-corrected chi connectivity index (χ0v) is 12.6. The minimum absolute atomic E-state index is 0.133. The van der Waals surface area contributed by atoms with Crippen LogP contribution < -0.4 is 5.32 Å². The van der Waals surface area contributed by atoms with Crippen LogP contribution in [0.15, 0.2) is 28.2 Å². The Hall–Kier alpha value is -1.66. The maximum Gasteiger partial charge on any atom is 0.270 e. The van der Waals surface area contributed by atoms with Gasteiger partial charge in [-0.15, -0.1) is 11.3 Å². The van der Waals surface area contributed by atoms with Gasteiger partial charge in [0.2, 0.25) is 0 Å². The van der Waals surface area contributed by atoms with Crippen LogP contribution in [-0.4, -0.2) is 42.0 Å². The first-order valence-corrected chi connectivity index (χ1v) is 7.62. The Morgan fingerprint density at radius 1 is 1.45 bits per heavy atom. The number of nitrogens with zero attached hydrogens (tertiary/aromatic N) is 2. The fourth-order valence-corrected chi connectivity index (χ4v) is 2.62. The topological polar surface area (TPSA) is 58.4 Å². The van der Waals surface area contributed by atoms with Crippen LogP contribution in [0.3, 0.4) is 0 Å². The van der Waals surface area contributed by atoms with Crippen molar-refractivity contribution in [3.05, 3.63) is 29.5 Å². The molecular formula is C14H19N3O2S. The Kier molecular flexibility index (Phi) is 5.31. The van der Waals surface area contributed by atoms with Crippen molar-refractivity contribution in [1.82, 2.24) is 15.2 Å². The summed E-state index contributed by atoms with van der Waals surface area (Å²) in [6.45, 7) is 7.70. The molecule has 2 heterocycles. The van der Waals surface area contributed by atoms with E-state index in [1.807, 2.05) is 6.07 Å². The molecule has 108 valence electrons. The summed E-state index contributed by atoms with van der Waals surface area (Å²) in [5.41, 5.74) is 0.445. The van der Waals surface area contributed by atoms with Gasteiger partial charge in [-0.05, 0) is 25.2 Å². The predicted molar refractivity (Wildman–Crippen MR) is 79.9 cm³/mol. The monoisotopic (exact) mass is 293 g/mol. The Morgan fingerprint density at radius 2 is 2.25 bits per heavy atom. The van der Waals surface area contributed by atoms with E-state index in [-0.39, 0.29) is 5.91 Å². The van der Waals surface area contributed by atoms with E-state index in [1.54, 1.807) is 17.7 Å². The lowest BCUT2D eigenvalue weighted by atomic mass is 10.4. The third kappa shape index (κ3) is 3.68. The van der Waals surface area contributed by atoms with Crippen LogP contribution in [0.5, 0.6) is 0 Å². The van der Waals surface area contributed by atoms with Crippen molar-refractivity contribution < 1.29 is 9.21 Å². The van der Waals surface area contributed by atoms with E-state index in [0.717, 1.165) is 24.6 Å². The highest BCUT2D eigenvalue weighted by molar-refractivity contribution is 7.13. The normalized spacial score (nSPS) is 10.9. The smallest absolute Gasteiger partial charge is 0.270 e. The van der Waals surface area contributed by atoms with Gasteiger partial charge in [0.1, 0.15) is 5.69 Å². The van der Waals surface area contributed by atoms with Crippen molar-refractivity contribution in [3.8, 4) is 10.8 Å². The zero-order chi connectivity index (χ0) is 14.4. The number of thiazole rings is 1. The van der Waals surface area contributed by atoms with E-state index >= 15 is 0 Å². The molecular weight excluding hydrogens is 274 g/mol. The summed E-state index contributed by atoms with van der Waals surface area (Å²) in [5.74, 6) is 0.559. The molecule has 5 nitrogen and oxygen atoms in total. The molecule has 0 aliphatic heterocycles. The van der Waals surface area contributed by atoms with Gasteiger partial charge in [-0.3, -0.25) is 4.79 Å². The molecule has 0 unspecified atom stereocenters. The number of aromatic nitrogens is 1. The van der Waals surface area contributed by atoms with Gasteiger partial charge in [0, 0.05) is 18.5 Å². The van der Waals surface area contributed by atoms with Crippen LogP contribution in [0.4, 0.5) is 0 Å². The fourth-order valence-electron chi connectivity index (χ4n) is 1.85. The van der Waals surface area contributed by atoms with Crippen LogP contribution in [0, 0.1) is 0 Å². The third-order valence-electron chi connectivity index (χ3n) is 3.08. The molecule has 0 aliphatic rings. The molecule has 0 atom stereocenters. The van der Waals surface area contributed by atoms with Gasteiger partial charge in [-0.1, -0.05) is 13.8 Å². The maximum atomic E-state index is 12.0. The van der Waals surface area contributed by atoms with Crippen molar-refractivity contribution in [2.45, 2.75) is 13.8 Å². The minimum atomic E-state index is -0.133. The molecule has 6 heteroatoms. The lowest BCUT2D eigenvalue weighted by Crippen LogP contribution is -2.34. The molecule has 2 aromatic rings. The van der Waals surface area contributed by atoms with E-state index in [2.05, 4.69) is 29.0 Å². The Labute approximate surface area is 122 Å². The summed E-state index contributed by atoms with van der Waals surface area (Å²) >= 11 is 1.41. The van der Waals surface area contributed by atoms with Gasteiger partial charge in [0.05, 0.1) is 6.26 Å². The zero-order valence-electron chi connectivity index (χ0n) is 11.8. The minimum Gasteiger partial charge on any atom is -0.462 e. The van der Waals surface area contributed by atoms with Gasteiger partial charge in [0.25, 0.3) is 5.91 Å². The van der Waals surface area contributed by atoms with E-state index in [0.29, 0.717) is 18.0 Å². The summed E-state index contributed by atoms with van der Waals surface area (Å²) < 4.78 is 5.26. The second kappa shape index (κ2) is 7.21. The van der Waals surface area contributed by atoms with Gasteiger partial charge in [0.15, 0.2) is 10.8 Å². The summed E-state index contributed by atoms with van der Waals surface area (Å²) in [6.07, 6.45) is 1.60. The third-order valence-corrected chi connectivity index (χ3v) is 3.93. The second-order valence-corrected chi connectivity index (χ2v) is 5.16. The quantitative estimate of drug-likeness (QED) is 0.852. The average Bonchev–Trinajstić information content (AvgIpc) is 3.13. The first-order chi connectivity index (χ1) is 9.74. The van der Waals surface area contributed by atoms with Crippen LogP contribution in [0.2, 0.25) is 0 Å². The summed E-state index contributed by atoms with van der Waals surface area (Å²) in [7, 11) is 0. The van der Waals surface area contributed by atoms with Gasteiger partial charge < -0.3 is 14.6 Å². The van der Waals surface area contributed by atoms with Crippen LogP contribution in [-0.2, 0) is 0 Å². The summed E-state index contributed by atoms with van der Waals surface area (Å²) in [4.78, 5) is 18.5. The first kappa shape index (κ1) is 14.7. The molecule has 0 saturated carbocycles. The molecule has 1 N–H and O–H groups in total. The highest BCUT2D eigenvalue weighted by Gasteiger charge is 2.12. The SMILES string of the molecule is CCN(CC)CCNC(=O)c1csc(-c2ccco2)n1. The number of carbonyl (C=O) groups excluding carboxylic acids is 1. The lowest BCUT2D eigenvalue weighted by Gasteiger charge is -2.17. The number of likely N-dealkylation sites (N-methyl/N-ethyl adjacent to an activating group) is 1. The number of hydrogen-bond donors (Lipinski definition) is 1. The predicted octanol–water partition coefficient (Wildman–Crippen LogP) is 2.47. The Morgan fingerprint density at radius 3 is 2.90 bits per heavy atom. The molecule has 0 bridgehead atoms. The Balaban J connectivity index is 1.87. The first-order valence-electron chi connectivity index (χ1n) is 6.74. The average molecular weight is 293 g/mol. The molecule has 0 saturated heterocycles. The van der Waals surface area contributed by atoms with Gasteiger partial charge in [-0.2, -0.15) is 0 Å². The molecule has 2 aromatic heterocycles. The fraction of sp³-hybridized carbons (Fsp3) is 0.429. The number of hydrogen-bond acceptors (Lipinski definition) is 5. The van der Waals surface area contributed by atoms with E-state index < -0.39 is 0 Å². The molecule has 0 fully saturated rings. The van der Waals surface area contributed by atoms with E-state index in [9.17, 15) is 4.79 Å². The molecule has 1 amide bonds. The van der Waals surface area contributed by atoms with Crippen molar-refractivity contribution in [2.24, 2.45) is 0 Å². The second-order valence-electron chi connectivity index (χ2n) is 4.30. The van der Waals surface area contributed by atoms with E-state index in [1.165, 1.54) is 11.3 Å². The van der Waals surface area contributed by atoms with Crippen LogP contribution in [0.1, 0.15) is 24.3 Å². The lowest BCUT2D eigenvalue weighted by molar-refractivity contribution is 0.0944. The Bertz CT molecular complexity index is 532. The summed E-state index contributed by atoms with van der Waals surface area (Å²) in [5, 5.41) is 5.37. The highest BCUT2D eigenvalue weighted by atomic mass is 32.1. The molecule has 0 aliphatic carbocycles. The van der Waals surface area contributed by atoms with Crippen LogP contribution in [0.25, 0.3) is 10.8 Å². The van der Waals surface area contributed by atoms with Crippen molar-refractivity contribution in [3.63, 3.8) is 0 Å². The summed E-state index contributed by atoms with van der Waals surface area (Å²) in [6, 6.07) is 3.64.